The Hall–Kier alpha value is -1.58. The van der Waals surface area contributed by atoms with Crippen molar-refractivity contribution in [2.75, 3.05) is 18.1 Å². The number of hydrogen-bond acceptors (Lipinski definition) is 4. The molecule has 0 fully saturated rings. The topological polar surface area (TPSA) is 38.2 Å². The summed E-state index contributed by atoms with van der Waals surface area (Å²) in [5.74, 6) is -0.219. The third-order valence-electron chi connectivity index (χ3n) is 3.98. The Morgan fingerprint density at radius 2 is 1.78 bits per heavy atom. The summed E-state index contributed by atoms with van der Waals surface area (Å²) in [4.78, 5) is 9.79. The summed E-state index contributed by atoms with van der Waals surface area (Å²) in [6.45, 7) is 4.69. The van der Waals surface area contributed by atoms with Crippen LogP contribution in [0, 0.1) is 3.57 Å². The molecule has 4 nitrogen and oxygen atoms in total. The van der Waals surface area contributed by atoms with Crippen molar-refractivity contribution in [3.05, 3.63) is 39.6 Å². The van der Waals surface area contributed by atoms with Crippen LogP contribution in [0.25, 0.3) is 0 Å². The van der Waals surface area contributed by atoms with Crippen molar-refractivity contribution in [1.29, 1.82) is 0 Å². The predicted molar refractivity (Wildman–Crippen MR) is 109 cm³/mol. The van der Waals surface area contributed by atoms with E-state index in [-0.39, 0.29) is 12.6 Å². The molecule has 0 aliphatic rings. The third-order valence-corrected chi connectivity index (χ3v) is 4.70. The SMILES string of the molecule is CCCCCCOc1nc(N(CC)c2ccc(I)cc2)ncc1C(F)(F)F. The number of hydrogen-bond donors (Lipinski definition) is 0. The summed E-state index contributed by atoms with van der Waals surface area (Å²) >= 11 is 2.19. The van der Waals surface area contributed by atoms with E-state index in [1.807, 2.05) is 31.2 Å². The van der Waals surface area contributed by atoms with E-state index in [4.69, 9.17) is 4.74 Å². The molecule has 1 heterocycles. The van der Waals surface area contributed by atoms with Gasteiger partial charge in [0.15, 0.2) is 0 Å². The zero-order valence-electron chi connectivity index (χ0n) is 15.4. The Morgan fingerprint density at radius 3 is 2.37 bits per heavy atom. The van der Waals surface area contributed by atoms with Gasteiger partial charge in [0.1, 0.15) is 5.56 Å². The number of unbranched alkanes of at least 4 members (excludes halogenated alkanes) is 3. The maximum atomic E-state index is 13.3. The molecule has 0 N–H and O–H groups in total. The third kappa shape index (κ3) is 6.22. The smallest absolute Gasteiger partial charge is 0.423 e. The van der Waals surface area contributed by atoms with Crippen LogP contribution in [0.15, 0.2) is 30.5 Å². The van der Waals surface area contributed by atoms with Crippen LogP contribution in [0.2, 0.25) is 0 Å². The first-order chi connectivity index (χ1) is 12.9. The van der Waals surface area contributed by atoms with Crippen molar-refractivity contribution in [3.8, 4) is 5.88 Å². The molecule has 1 aromatic heterocycles. The summed E-state index contributed by atoms with van der Waals surface area (Å²) in [7, 11) is 0. The number of nitrogens with zero attached hydrogens (tertiary/aromatic N) is 3. The molecule has 0 bridgehead atoms. The summed E-state index contributed by atoms with van der Waals surface area (Å²) < 4.78 is 46.3. The lowest BCUT2D eigenvalue weighted by Gasteiger charge is -2.22. The lowest BCUT2D eigenvalue weighted by Crippen LogP contribution is -2.21. The van der Waals surface area contributed by atoms with Crippen molar-refractivity contribution in [2.45, 2.75) is 45.7 Å². The summed E-state index contributed by atoms with van der Waals surface area (Å²) in [5.41, 5.74) is -0.132. The van der Waals surface area contributed by atoms with Crippen molar-refractivity contribution in [2.24, 2.45) is 0 Å². The standard InChI is InChI=1S/C19H23F3IN3O/c1-3-5-6-7-12-27-17-16(19(20,21)22)13-24-18(25-17)26(4-2)15-10-8-14(23)9-11-15/h8-11,13H,3-7,12H2,1-2H3. The van der Waals surface area contributed by atoms with Crippen LogP contribution in [-0.2, 0) is 6.18 Å². The number of alkyl halides is 3. The van der Waals surface area contributed by atoms with Crippen LogP contribution in [0.1, 0.15) is 45.1 Å². The van der Waals surface area contributed by atoms with E-state index in [1.54, 1.807) is 4.90 Å². The van der Waals surface area contributed by atoms with E-state index in [1.165, 1.54) is 0 Å². The molecule has 1 aromatic carbocycles. The van der Waals surface area contributed by atoms with E-state index in [0.29, 0.717) is 13.0 Å². The lowest BCUT2D eigenvalue weighted by molar-refractivity contribution is -0.139. The minimum Gasteiger partial charge on any atom is -0.477 e. The molecule has 2 aromatic rings. The van der Waals surface area contributed by atoms with Crippen LogP contribution in [0.5, 0.6) is 5.88 Å². The highest BCUT2D eigenvalue weighted by atomic mass is 127. The second-order valence-electron chi connectivity index (χ2n) is 6.02. The molecule has 27 heavy (non-hydrogen) atoms. The monoisotopic (exact) mass is 493 g/mol. The molecule has 2 rings (SSSR count). The van der Waals surface area contributed by atoms with E-state index in [2.05, 4.69) is 39.5 Å². The fraction of sp³-hybridized carbons (Fsp3) is 0.474. The zero-order valence-corrected chi connectivity index (χ0v) is 17.5. The number of halogens is 4. The molecule has 0 aliphatic carbocycles. The highest BCUT2D eigenvalue weighted by Gasteiger charge is 2.36. The Balaban J connectivity index is 2.28. The van der Waals surface area contributed by atoms with Crippen molar-refractivity contribution in [3.63, 3.8) is 0 Å². The van der Waals surface area contributed by atoms with Crippen molar-refractivity contribution in [1.82, 2.24) is 9.97 Å². The molecule has 0 saturated heterocycles. The van der Waals surface area contributed by atoms with Gasteiger partial charge in [0.25, 0.3) is 0 Å². The molecule has 0 atom stereocenters. The molecule has 0 aliphatic heterocycles. The number of rotatable bonds is 9. The number of anilines is 2. The highest BCUT2D eigenvalue weighted by Crippen LogP contribution is 2.36. The zero-order chi connectivity index (χ0) is 19.9. The first-order valence-electron chi connectivity index (χ1n) is 8.97. The van der Waals surface area contributed by atoms with Crippen LogP contribution in [0.4, 0.5) is 24.8 Å². The van der Waals surface area contributed by atoms with Crippen LogP contribution in [-0.4, -0.2) is 23.1 Å². The maximum absolute atomic E-state index is 13.3. The van der Waals surface area contributed by atoms with Crippen LogP contribution >= 0.6 is 22.6 Å². The summed E-state index contributed by atoms with van der Waals surface area (Å²) in [6, 6.07) is 7.62. The normalized spacial score (nSPS) is 11.5. The molecular weight excluding hydrogens is 470 g/mol. The minimum atomic E-state index is -4.56. The van der Waals surface area contributed by atoms with Crippen molar-refractivity contribution >= 4 is 34.2 Å². The van der Waals surface area contributed by atoms with Crippen LogP contribution < -0.4 is 9.64 Å². The second kappa shape index (κ2) is 10.1. The summed E-state index contributed by atoms with van der Waals surface area (Å²) in [6.07, 6.45) is -0.0667. The van der Waals surface area contributed by atoms with Crippen LogP contribution in [0.3, 0.4) is 0 Å². The molecule has 148 valence electrons. The van der Waals surface area contributed by atoms with Crippen molar-refractivity contribution < 1.29 is 17.9 Å². The summed E-state index contributed by atoms with van der Waals surface area (Å²) in [5, 5.41) is 0. The number of benzene rings is 1. The molecule has 0 spiro atoms. The van der Waals surface area contributed by atoms with Gasteiger partial charge in [-0.3, -0.25) is 0 Å². The van der Waals surface area contributed by atoms with E-state index in [9.17, 15) is 13.2 Å². The van der Waals surface area contributed by atoms with Gasteiger partial charge in [0.2, 0.25) is 11.8 Å². The van der Waals surface area contributed by atoms with Gasteiger partial charge in [-0.25, -0.2) is 4.98 Å². The van der Waals surface area contributed by atoms with Gasteiger partial charge in [-0.15, -0.1) is 0 Å². The average molecular weight is 493 g/mol. The van der Waals surface area contributed by atoms with Gasteiger partial charge in [-0.1, -0.05) is 26.2 Å². The quantitative estimate of drug-likeness (QED) is 0.307. The average Bonchev–Trinajstić information content (AvgIpc) is 2.63. The van der Waals surface area contributed by atoms with Gasteiger partial charge in [-0.05, 0) is 60.2 Å². The predicted octanol–water partition coefficient (Wildman–Crippen LogP) is 6.22. The fourth-order valence-electron chi connectivity index (χ4n) is 2.55. The van der Waals surface area contributed by atoms with E-state index < -0.39 is 17.6 Å². The van der Waals surface area contributed by atoms with Gasteiger partial charge in [0, 0.05) is 22.0 Å². The van der Waals surface area contributed by atoms with Gasteiger partial charge in [0.05, 0.1) is 6.61 Å². The minimum absolute atomic E-state index is 0.190. The molecular formula is C19H23F3IN3O. The number of ether oxygens (including phenoxy) is 1. The molecule has 0 amide bonds. The molecule has 0 saturated carbocycles. The Morgan fingerprint density at radius 1 is 1.07 bits per heavy atom. The second-order valence-corrected chi connectivity index (χ2v) is 7.26. The van der Waals surface area contributed by atoms with E-state index >= 15 is 0 Å². The Labute approximate surface area is 171 Å². The Bertz CT molecular complexity index is 723. The number of aromatic nitrogens is 2. The highest BCUT2D eigenvalue weighted by molar-refractivity contribution is 14.1. The first kappa shape index (κ1) is 21.7. The fourth-order valence-corrected chi connectivity index (χ4v) is 2.91. The first-order valence-corrected chi connectivity index (χ1v) is 10.0. The lowest BCUT2D eigenvalue weighted by atomic mass is 10.2. The molecule has 0 radical (unpaired) electrons. The largest absolute Gasteiger partial charge is 0.477 e. The molecule has 0 unspecified atom stereocenters. The van der Waals surface area contributed by atoms with E-state index in [0.717, 1.165) is 34.7 Å². The maximum Gasteiger partial charge on any atom is 0.423 e. The molecule has 8 heteroatoms. The van der Waals surface area contributed by atoms with Gasteiger partial charge in [-0.2, -0.15) is 18.2 Å². The van der Waals surface area contributed by atoms with Gasteiger partial charge >= 0.3 is 6.18 Å². The van der Waals surface area contributed by atoms with Gasteiger partial charge < -0.3 is 9.64 Å². The Kier molecular flexibility index (Phi) is 8.12.